The number of anilines is 2. The summed E-state index contributed by atoms with van der Waals surface area (Å²) in [5, 5.41) is 7.41. The molecule has 2 heterocycles. The molecule has 1 saturated heterocycles. The fourth-order valence-electron chi connectivity index (χ4n) is 4.28. The van der Waals surface area contributed by atoms with E-state index in [0.717, 1.165) is 16.8 Å². The molecule has 0 unspecified atom stereocenters. The fourth-order valence-corrected chi connectivity index (χ4v) is 5.14. The molecule has 1 N–H and O–H groups in total. The summed E-state index contributed by atoms with van der Waals surface area (Å²) >= 11 is 1.21. The van der Waals surface area contributed by atoms with Crippen molar-refractivity contribution in [1.82, 2.24) is 14.8 Å². The van der Waals surface area contributed by atoms with Crippen LogP contribution in [0.3, 0.4) is 0 Å². The summed E-state index contributed by atoms with van der Waals surface area (Å²) in [4.78, 5) is 35.5. The Kier molecular flexibility index (Phi) is 8.03. The van der Waals surface area contributed by atoms with Gasteiger partial charge in [-0.2, -0.15) is 4.99 Å². The van der Waals surface area contributed by atoms with E-state index in [2.05, 4.69) is 25.1 Å². The number of benzene rings is 3. The predicted molar refractivity (Wildman–Crippen MR) is 155 cm³/mol. The van der Waals surface area contributed by atoms with Gasteiger partial charge in [0.25, 0.3) is 0 Å². The number of nitrogens with zero attached hydrogens (tertiary/aromatic N) is 5. The van der Waals surface area contributed by atoms with Gasteiger partial charge < -0.3 is 10.1 Å². The number of aryl methyl sites for hydroxylation is 1. The van der Waals surface area contributed by atoms with Crippen LogP contribution in [0.15, 0.2) is 78.0 Å². The van der Waals surface area contributed by atoms with Crippen molar-refractivity contribution in [1.29, 1.82) is 0 Å². The van der Waals surface area contributed by atoms with Crippen LogP contribution in [-0.4, -0.2) is 44.0 Å². The monoisotopic (exact) mass is 594 g/mol. The Balaban J connectivity index is 1.27. The topological polar surface area (TPSA) is 102 Å². The highest BCUT2D eigenvalue weighted by molar-refractivity contribution is 8.15. The number of amides is 3. The van der Waals surface area contributed by atoms with Crippen LogP contribution in [0.2, 0.25) is 0 Å². The number of carbonyl (C=O) groups excluding carboxylic acids is 2. The van der Waals surface area contributed by atoms with Gasteiger partial charge in [0.1, 0.15) is 12.1 Å². The highest BCUT2D eigenvalue weighted by Crippen LogP contribution is 2.34. The molecular formula is C29H25F3N6O3S. The van der Waals surface area contributed by atoms with Crippen LogP contribution in [0, 0.1) is 6.92 Å². The Bertz CT molecular complexity index is 1650. The van der Waals surface area contributed by atoms with E-state index in [0.29, 0.717) is 27.9 Å². The van der Waals surface area contributed by atoms with Crippen molar-refractivity contribution in [2.75, 3.05) is 16.0 Å². The first-order chi connectivity index (χ1) is 20.0. The van der Waals surface area contributed by atoms with Crippen LogP contribution in [0.25, 0.3) is 17.1 Å². The van der Waals surface area contributed by atoms with Crippen LogP contribution >= 0.6 is 11.8 Å². The van der Waals surface area contributed by atoms with E-state index in [-0.39, 0.29) is 23.3 Å². The quantitative estimate of drug-likeness (QED) is 0.260. The molecule has 9 nitrogen and oxygen atoms in total. The first kappa shape index (κ1) is 28.9. The van der Waals surface area contributed by atoms with Crippen LogP contribution < -0.4 is 15.0 Å². The van der Waals surface area contributed by atoms with Crippen LogP contribution in [0.1, 0.15) is 30.9 Å². The summed E-state index contributed by atoms with van der Waals surface area (Å²) in [7, 11) is 0. The number of halogens is 3. The van der Waals surface area contributed by atoms with Crippen molar-refractivity contribution in [3.05, 3.63) is 84.2 Å². The summed E-state index contributed by atoms with van der Waals surface area (Å²) in [5.41, 5.74) is 4.43. The van der Waals surface area contributed by atoms with Crippen molar-refractivity contribution < 1.29 is 27.5 Å². The van der Waals surface area contributed by atoms with Gasteiger partial charge in [0.15, 0.2) is 11.0 Å². The minimum Gasteiger partial charge on any atom is -0.406 e. The normalized spacial score (nSPS) is 14.6. The molecule has 5 rings (SSSR count). The third-order valence-corrected chi connectivity index (χ3v) is 7.15. The molecule has 216 valence electrons. The average molecular weight is 595 g/mol. The highest BCUT2D eigenvalue weighted by atomic mass is 32.2. The number of hydrogen-bond acceptors (Lipinski definition) is 6. The molecule has 1 aliphatic heterocycles. The molecule has 0 saturated carbocycles. The lowest BCUT2D eigenvalue weighted by Gasteiger charge is -2.22. The SMILES string of the molecule is Cc1ccc(N2C(=O)CSC2=NC(=O)Nc2ccc(-c3ncn(-c4ccc(OC(F)(F)F)cc4)n3)cc2)c(C(C)C)c1. The Labute approximate surface area is 243 Å². The molecule has 1 aromatic heterocycles. The first-order valence-corrected chi connectivity index (χ1v) is 13.8. The van der Waals surface area contributed by atoms with E-state index in [1.165, 1.54) is 51.9 Å². The zero-order valence-electron chi connectivity index (χ0n) is 22.7. The third kappa shape index (κ3) is 6.62. The number of hydrogen-bond donors (Lipinski definition) is 1. The molecule has 3 aromatic carbocycles. The first-order valence-electron chi connectivity index (χ1n) is 12.8. The zero-order valence-corrected chi connectivity index (χ0v) is 23.5. The molecule has 1 aliphatic rings. The number of carbonyl (C=O) groups is 2. The number of aromatic nitrogens is 3. The molecule has 0 aliphatic carbocycles. The van der Waals surface area contributed by atoms with Gasteiger partial charge in [-0.25, -0.2) is 14.5 Å². The van der Waals surface area contributed by atoms with Crippen molar-refractivity contribution in [2.24, 2.45) is 4.99 Å². The van der Waals surface area contributed by atoms with Gasteiger partial charge >= 0.3 is 12.4 Å². The lowest BCUT2D eigenvalue weighted by Crippen LogP contribution is -2.31. The molecule has 1 fully saturated rings. The highest BCUT2D eigenvalue weighted by Gasteiger charge is 2.33. The minimum atomic E-state index is -4.77. The summed E-state index contributed by atoms with van der Waals surface area (Å²) in [6, 6.07) is 17.2. The molecule has 42 heavy (non-hydrogen) atoms. The number of amidine groups is 1. The number of urea groups is 1. The number of nitrogens with one attached hydrogen (secondary N) is 1. The Morgan fingerprint density at radius 1 is 1.07 bits per heavy atom. The average Bonchev–Trinajstić information content (AvgIpc) is 3.56. The summed E-state index contributed by atoms with van der Waals surface area (Å²) < 4.78 is 42.5. The lowest BCUT2D eigenvalue weighted by molar-refractivity contribution is -0.274. The predicted octanol–water partition coefficient (Wildman–Crippen LogP) is 6.93. The maximum atomic E-state index is 12.8. The Morgan fingerprint density at radius 2 is 1.79 bits per heavy atom. The van der Waals surface area contributed by atoms with E-state index in [1.54, 1.807) is 24.3 Å². The number of alkyl halides is 3. The second-order valence-electron chi connectivity index (χ2n) is 9.69. The smallest absolute Gasteiger partial charge is 0.406 e. The van der Waals surface area contributed by atoms with E-state index >= 15 is 0 Å². The number of ether oxygens (including phenoxy) is 1. The maximum absolute atomic E-state index is 12.8. The van der Waals surface area contributed by atoms with E-state index < -0.39 is 12.4 Å². The van der Waals surface area contributed by atoms with E-state index in [1.807, 2.05) is 39.0 Å². The van der Waals surface area contributed by atoms with Crippen LogP contribution in [-0.2, 0) is 4.79 Å². The Morgan fingerprint density at radius 3 is 2.45 bits per heavy atom. The molecule has 0 radical (unpaired) electrons. The van der Waals surface area contributed by atoms with E-state index in [9.17, 15) is 22.8 Å². The van der Waals surface area contributed by atoms with Crippen molar-refractivity contribution >= 4 is 40.2 Å². The molecule has 0 atom stereocenters. The van der Waals surface area contributed by atoms with Gasteiger partial charge in [0.05, 0.1) is 17.1 Å². The zero-order chi connectivity index (χ0) is 30.0. The largest absolute Gasteiger partial charge is 0.573 e. The molecule has 0 spiro atoms. The second kappa shape index (κ2) is 11.7. The van der Waals surface area contributed by atoms with Crippen LogP contribution in [0.4, 0.5) is 29.3 Å². The maximum Gasteiger partial charge on any atom is 0.573 e. The standard InChI is InChI=1S/C29H25F3N6O3S/c1-17(2)23-14-18(3)4-13-24(23)38-25(39)15-42-28(38)35-27(40)34-20-7-5-19(6-8-20)26-33-16-37(36-26)21-9-11-22(12-10-21)41-29(30,31)32/h4-14,16-17H,15H2,1-3H3,(H,34,40). The molecule has 3 amide bonds. The van der Waals surface area contributed by atoms with Gasteiger partial charge in [0.2, 0.25) is 5.91 Å². The van der Waals surface area contributed by atoms with Crippen molar-refractivity contribution in [3.8, 4) is 22.8 Å². The molecule has 13 heteroatoms. The molecule has 0 bridgehead atoms. The summed E-state index contributed by atoms with van der Waals surface area (Å²) in [6.45, 7) is 6.09. The van der Waals surface area contributed by atoms with Gasteiger partial charge in [-0.3, -0.25) is 9.69 Å². The second-order valence-corrected chi connectivity index (χ2v) is 10.6. The summed E-state index contributed by atoms with van der Waals surface area (Å²) in [5.74, 6) is 0.262. The van der Waals surface area contributed by atoms with Gasteiger partial charge in [0, 0.05) is 11.3 Å². The van der Waals surface area contributed by atoms with Gasteiger partial charge in [-0.1, -0.05) is 43.3 Å². The number of aliphatic imine (C=N–C) groups is 1. The van der Waals surface area contributed by atoms with Crippen LogP contribution in [0.5, 0.6) is 5.75 Å². The van der Waals surface area contributed by atoms with Gasteiger partial charge in [-0.05, 0) is 73.0 Å². The lowest BCUT2D eigenvalue weighted by atomic mass is 9.98. The minimum absolute atomic E-state index is 0.140. The number of rotatable bonds is 6. The third-order valence-electron chi connectivity index (χ3n) is 6.23. The molecule has 4 aromatic rings. The summed E-state index contributed by atoms with van der Waals surface area (Å²) in [6.07, 6.45) is -3.33. The van der Waals surface area contributed by atoms with E-state index in [4.69, 9.17) is 0 Å². The van der Waals surface area contributed by atoms with Crippen molar-refractivity contribution in [3.63, 3.8) is 0 Å². The fraction of sp³-hybridized carbons (Fsp3) is 0.207. The molecular weight excluding hydrogens is 569 g/mol. The number of thioether (sulfide) groups is 1. The van der Waals surface area contributed by atoms with Gasteiger partial charge in [-0.15, -0.1) is 18.3 Å². The Hall–Kier alpha value is -4.65. The van der Waals surface area contributed by atoms with Crippen molar-refractivity contribution in [2.45, 2.75) is 33.1 Å².